The number of nitrogens with zero attached hydrogens (tertiary/aromatic N) is 5. The Bertz CT molecular complexity index is 1680. The lowest BCUT2D eigenvalue weighted by molar-refractivity contribution is -0.138. The zero-order valence-corrected chi connectivity index (χ0v) is 20.7. The lowest BCUT2D eigenvalue weighted by Crippen LogP contribution is -2.30. The molecule has 0 spiro atoms. The largest absolute Gasteiger partial charge is 0.476 e. The summed E-state index contributed by atoms with van der Waals surface area (Å²) >= 11 is 0. The molecule has 2 atom stereocenters. The fourth-order valence-electron chi connectivity index (χ4n) is 4.05. The topological polar surface area (TPSA) is 139 Å². The van der Waals surface area contributed by atoms with Crippen LogP contribution in [0.5, 0.6) is 5.75 Å². The van der Waals surface area contributed by atoms with Gasteiger partial charge in [-0.05, 0) is 30.5 Å². The van der Waals surface area contributed by atoms with E-state index in [4.69, 9.17) is 10.00 Å². The highest BCUT2D eigenvalue weighted by atomic mass is 19.4. The Morgan fingerprint density at radius 3 is 2.60 bits per heavy atom. The fourth-order valence-corrected chi connectivity index (χ4v) is 4.05. The number of anilines is 1. The van der Waals surface area contributed by atoms with E-state index in [2.05, 4.69) is 20.4 Å². The molecule has 0 radical (unpaired) electrons. The van der Waals surface area contributed by atoms with Gasteiger partial charge >= 0.3 is 6.18 Å². The molecule has 3 aromatic heterocycles. The minimum atomic E-state index is -4.96. The summed E-state index contributed by atoms with van der Waals surface area (Å²) in [5.74, 6) is -0.563. The number of aromatic amines is 1. The molecule has 10 nitrogen and oxygen atoms in total. The molecule has 0 saturated heterocycles. The second-order valence-corrected chi connectivity index (χ2v) is 8.75. The van der Waals surface area contributed by atoms with Gasteiger partial charge < -0.3 is 14.6 Å². The van der Waals surface area contributed by atoms with Gasteiger partial charge in [-0.1, -0.05) is 0 Å². The van der Waals surface area contributed by atoms with Gasteiger partial charge in [-0.2, -0.15) is 23.5 Å². The molecule has 15 heteroatoms. The molecule has 0 unspecified atom stereocenters. The average molecular weight is 561 g/mol. The Balaban J connectivity index is 1.49. The minimum absolute atomic E-state index is 0.00668. The number of hydrogen-bond donors (Lipinski definition) is 2. The molecule has 0 fully saturated rings. The van der Waals surface area contributed by atoms with E-state index in [-0.39, 0.29) is 35.6 Å². The van der Waals surface area contributed by atoms with Crippen molar-refractivity contribution >= 4 is 16.5 Å². The quantitative estimate of drug-likeness (QED) is 0.294. The third-order valence-corrected chi connectivity index (χ3v) is 5.78. The Morgan fingerprint density at radius 1 is 1.20 bits per heavy atom. The number of aromatic nitrogens is 5. The van der Waals surface area contributed by atoms with Crippen molar-refractivity contribution in [2.45, 2.75) is 38.3 Å². The van der Waals surface area contributed by atoms with Gasteiger partial charge in [0.15, 0.2) is 18.2 Å². The summed E-state index contributed by atoms with van der Waals surface area (Å²) in [4.78, 5) is 32.6. The Morgan fingerprint density at radius 2 is 1.93 bits per heavy atom. The SMILES string of the molecule is C[C@@H](C[C@H](F)Cn1ccc2cc(-c3ncc(OCC#N)cn3)c(F)cc2c1=O)Nc1cn[nH]c(=O)c1C(F)(F)F. The summed E-state index contributed by atoms with van der Waals surface area (Å²) < 4.78 is 75.6. The maximum atomic E-state index is 14.9. The first-order chi connectivity index (χ1) is 19.0. The molecule has 1 aromatic carbocycles. The number of H-pyrrole nitrogens is 1. The Hall–Kier alpha value is -4.87. The van der Waals surface area contributed by atoms with E-state index in [0.29, 0.717) is 5.39 Å². The molecule has 0 amide bonds. The molecule has 4 rings (SSSR count). The molecule has 208 valence electrons. The van der Waals surface area contributed by atoms with Gasteiger partial charge in [0.25, 0.3) is 11.1 Å². The maximum Gasteiger partial charge on any atom is 0.423 e. The molecular weight excluding hydrogens is 541 g/mol. The Labute approximate surface area is 222 Å². The van der Waals surface area contributed by atoms with Gasteiger partial charge in [0.05, 0.1) is 41.8 Å². The van der Waals surface area contributed by atoms with E-state index in [1.54, 1.807) is 11.2 Å². The number of halogens is 5. The van der Waals surface area contributed by atoms with Gasteiger partial charge in [0, 0.05) is 18.7 Å². The van der Waals surface area contributed by atoms with Crippen LogP contribution in [0, 0.1) is 17.1 Å². The van der Waals surface area contributed by atoms with Crippen molar-refractivity contribution in [1.82, 2.24) is 24.7 Å². The highest BCUT2D eigenvalue weighted by molar-refractivity contribution is 5.86. The Kier molecular flexibility index (Phi) is 8.08. The lowest BCUT2D eigenvalue weighted by Gasteiger charge is -2.20. The number of nitrogens with one attached hydrogen (secondary N) is 2. The van der Waals surface area contributed by atoms with Crippen LogP contribution in [-0.2, 0) is 12.7 Å². The molecule has 0 aliphatic rings. The first kappa shape index (κ1) is 28.1. The second kappa shape index (κ2) is 11.5. The fraction of sp³-hybridized carbons (Fsp3) is 0.280. The normalized spacial score (nSPS) is 13.0. The van der Waals surface area contributed by atoms with E-state index in [1.807, 2.05) is 0 Å². The lowest BCUT2D eigenvalue weighted by atomic mass is 10.1. The summed E-state index contributed by atoms with van der Waals surface area (Å²) in [6.07, 6.45) is -2.30. The van der Waals surface area contributed by atoms with Crippen molar-refractivity contribution in [3.63, 3.8) is 0 Å². The number of fused-ring (bicyclic) bond motifs is 1. The van der Waals surface area contributed by atoms with E-state index in [9.17, 15) is 31.5 Å². The molecule has 3 heterocycles. The van der Waals surface area contributed by atoms with Crippen LogP contribution < -0.4 is 21.2 Å². The number of benzene rings is 1. The highest BCUT2D eigenvalue weighted by Crippen LogP contribution is 2.32. The average Bonchev–Trinajstić information content (AvgIpc) is 2.88. The standard InChI is InChI=1S/C25H20F5N7O3/c1-13(35-20-11-34-36-23(38)21(20)25(28,29)30)6-15(26)12-37-4-2-14-7-18(19(27)8-17(14)24(37)39)22-32-9-16(10-33-22)40-5-3-31/h2,4,7-11,13,15H,5-6,12H2,1H3,(H2,35,36,38)/t13-,15-/m0/s1. The number of hydrogen-bond acceptors (Lipinski definition) is 8. The number of nitriles is 1. The third kappa shape index (κ3) is 6.22. The van der Waals surface area contributed by atoms with Crippen LogP contribution in [-0.4, -0.2) is 43.6 Å². The molecular formula is C25H20F5N7O3. The zero-order chi connectivity index (χ0) is 29.0. The van der Waals surface area contributed by atoms with E-state index < -0.39 is 53.1 Å². The van der Waals surface area contributed by atoms with Crippen LogP contribution >= 0.6 is 0 Å². The zero-order valence-electron chi connectivity index (χ0n) is 20.7. The van der Waals surface area contributed by atoms with Gasteiger partial charge in [-0.25, -0.2) is 23.8 Å². The number of rotatable bonds is 9. The van der Waals surface area contributed by atoms with Crippen molar-refractivity contribution in [3.05, 3.63) is 75.1 Å². The predicted octanol–water partition coefficient (Wildman–Crippen LogP) is 3.83. The number of ether oxygens (including phenoxy) is 1. The van der Waals surface area contributed by atoms with Crippen molar-refractivity contribution in [3.8, 4) is 23.2 Å². The predicted molar refractivity (Wildman–Crippen MR) is 133 cm³/mol. The van der Waals surface area contributed by atoms with Crippen LogP contribution in [0.3, 0.4) is 0 Å². The van der Waals surface area contributed by atoms with Crippen molar-refractivity contribution < 1.29 is 26.7 Å². The summed E-state index contributed by atoms with van der Waals surface area (Å²) in [5.41, 5.74) is -4.19. The van der Waals surface area contributed by atoms with Crippen LogP contribution in [0.25, 0.3) is 22.2 Å². The van der Waals surface area contributed by atoms with Crippen molar-refractivity contribution in [2.75, 3.05) is 11.9 Å². The van der Waals surface area contributed by atoms with Gasteiger partial charge in [-0.15, -0.1) is 0 Å². The van der Waals surface area contributed by atoms with Gasteiger partial charge in [0.1, 0.15) is 23.6 Å². The molecule has 2 N–H and O–H groups in total. The molecule has 40 heavy (non-hydrogen) atoms. The van der Waals surface area contributed by atoms with Crippen LogP contribution in [0.2, 0.25) is 0 Å². The van der Waals surface area contributed by atoms with Crippen LogP contribution in [0.4, 0.5) is 27.6 Å². The molecule has 0 aliphatic carbocycles. The number of alkyl halides is 4. The summed E-state index contributed by atoms with van der Waals surface area (Å²) in [6, 6.07) is 4.77. The van der Waals surface area contributed by atoms with Crippen molar-refractivity contribution in [1.29, 1.82) is 5.26 Å². The van der Waals surface area contributed by atoms with Gasteiger partial charge in [-0.3, -0.25) is 9.59 Å². The summed E-state index contributed by atoms with van der Waals surface area (Å²) in [6.45, 7) is 0.758. The van der Waals surface area contributed by atoms with E-state index in [1.165, 1.54) is 37.6 Å². The van der Waals surface area contributed by atoms with Crippen molar-refractivity contribution in [2.24, 2.45) is 0 Å². The number of pyridine rings is 1. The molecule has 0 aliphatic heterocycles. The first-order valence-electron chi connectivity index (χ1n) is 11.7. The van der Waals surface area contributed by atoms with E-state index in [0.717, 1.165) is 16.8 Å². The first-order valence-corrected chi connectivity index (χ1v) is 11.7. The van der Waals surface area contributed by atoms with Crippen LogP contribution in [0.15, 0.2) is 52.6 Å². The second-order valence-electron chi connectivity index (χ2n) is 8.75. The van der Waals surface area contributed by atoms with Crippen LogP contribution in [0.1, 0.15) is 18.9 Å². The summed E-state index contributed by atoms with van der Waals surface area (Å²) in [5, 5.41) is 16.4. The third-order valence-electron chi connectivity index (χ3n) is 5.78. The smallest absolute Gasteiger partial charge is 0.423 e. The molecule has 4 aromatic rings. The minimum Gasteiger partial charge on any atom is -0.476 e. The van der Waals surface area contributed by atoms with Gasteiger partial charge in [0.2, 0.25) is 0 Å². The molecule has 0 saturated carbocycles. The maximum absolute atomic E-state index is 14.9. The van der Waals surface area contributed by atoms with E-state index >= 15 is 0 Å². The monoisotopic (exact) mass is 561 g/mol. The molecule has 0 bridgehead atoms. The highest BCUT2D eigenvalue weighted by Gasteiger charge is 2.37. The summed E-state index contributed by atoms with van der Waals surface area (Å²) in [7, 11) is 0.